The second-order valence-corrected chi connectivity index (χ2v) is 17.0. The third-order valence-electron chi connectivity index (χ3n) is 9.77. The van der Waals surface area contributed by atoms with Gasteiger partial charge in [-0.3, -0.25) is 0 Å². The van der Waals surface area contributed by atoms with Gasteiger partial charge in [-0.2, -0.15) is 11.8 Å². The van der Waals surface area contributed by atoms with Gasteiger partial charge in [0.1, 0.15) is 12.0 Å². The van der Waals surface area contributed by atoms with Crippen molar-refractivity contribution in [3.8, 4) is 0 Å². The zero-order chi connectivity index (χ0) is 31.6. The molecule has 1 saturated heterocycles. The van der Waals surface area contributed by atoms with E-state index in [9.17, 15) is 0 Å². The zero-order valence-corrected chi connectivity index (χ0v) is 33.5. The minimum absolute atomic E-state index is 0. The molecule has 1 radical (unpaired) electrons. The molecule has 4 nitrogen and oxygen atoms in total. The zero-order valence-electron chi connectivity index (χ0n) is 29.0. The van der Waals surface area contributed by atoms with Gasteiger partial charge >= 0.3 is 0 Å². The number of nitrogens with one attached hydrogen (secondary N) is 2. The molecule has 0 spiro atoms. The van der Waals surface area contributed by atoms with Gasteiger partial charge in [0.25, 0.3) is 0 Å². The number of thioether (sulfide) groups is 1. The maximum absolute atomic E-state index is 8.00. The first-order chi connectivity index (χ1) is 21.6. The van der Waals surface area contributed by atoms with Crippen LogP contribution in [-0.4, -0.2) is 36.6 Å². The van der Waals surface area contributed by atoms with E-state index >= 15 is 0 Å². The molecular formula is C38H62N2O2PSY-. The third-order valence-corrected chi connectivity index (χ3v) is 14.8. The number of hydrogen-bond acceptors (Lipinski definition) is 5. The second-order valence-electron chi connectivity index (χ2n) is 13.0. The molecule has 5 rings (SSSR count). The van der Waals surface area contributed by atoms with Crippen LogP contribution in [0.3, 0.4) is 0 Å². The van der Waals surface area contributed by atoms with E-state index in [-0.39, 0.29) is 40.6 Å². The van der Waals surface area contributed by atoms with E-state index in [4.69, 9.17) is 9.63 Å². The van der Waals surface area contributed by atoms with Crippen molar-refractivity contribution < 1.29 is 42.3 Å². The van der Waals surface area contributed by atoms with Crippen LogP contribution in [0.2, 0.25) is 0 Å². The van der Waals surface area contributed by atoms with Crippen molar-refractivity contribution in [3.63, 3.8) is 0 Å². The van der Waals surface area contributed by atoms with Crippen LogP contribution in [0.15, 0.2) is 47.6 Å². The number of allylic oxidation sites excluding steroid dienone is 4. The molecule has 2 fully saturated rings. The topological polar surface area (TPSA) is 50.4 Å². The first-order valence-electron chi connectivity index (χ1n) is 17.7. The summed E-state index contributed by atoms with van der Waals surface area (Å²) in [6.45, 7) is 13.5. The van der Waals surface area contributed by atoms with E-state index in [0.717, 1.165) is 19.0 Å². The normalized spacial score (nSPS) is 25.2. The van der Waals surface area contributed by atoms with Gasteiger partial charge < -0.3 is 20.4 Å². The van der Waals surface area contributed by atoms with Crippen LogP contribution in [0.5, 0.6) is 0 Å². The van der Waals surface area contributed by atoms with Gasteiger partial charge in [-0.25, -0.2) is 6.04 Å². The van der Waals surface area contributed by atoms with Crippen molar-refractivity contribution in [2.45, 2.75) is 123 Å². The Morgan fingerprint density at radius 3 is 2.53 bits per heavy atom. The van der Waals surface area contributed by atoms with Gasteiger partial charge in [-0.05, 0) is 86.9 Å². The summed E-state index contributed by atoms with van der Waals surface area (Å²) in [5, 5.41) is 3.81. The van der Waals surface area contributed by atoms with Gasteiger partial charge in [-0.15, -0.1) is 11.8 Å². The Hall–Kier alpha value is 0.134. The number of fused-ring (bicyclic) bond motifs is 1. The molecule has 1 aromatic carbocycles. The van der Waals surface area contributed by atoms with Crippen molar-refractivity contribution in [3.05, 3.63) is 64.7 Å². The number of carbonyl (C=O) groups excluding carboxylic acids is 1. The van der Waals surface area contributed by atoms with Crippen LogP contribution < -0.4 is 10.8 Å². The molecule has 3 unspecified atom stereocenters. The maximum atomic E-state index is 8.00. The average Bonchev–Trinajstić information content (AvgIpc) is 3.37. The van der Waals surface area contributed by atoms with Crippen LogP contribution in [0, 0.1) is 23.8 Å². The SMILES string of the molecule is C=O.CCCCC(CC)[C-](NOC1SCCP1CCC)C1CCC(C2=CCCC(C)=C2)CC1.[Y].c1ccc2c(c1)CCCNC2. The molecule has 0 aromatic heterocycles. The molecule has 0 bridgehead atoms. The summed E-state index contributed by atoms with van der Waals surface area (Å²) < 4.78 is 0. The maximum Gasteiger partial charge on any atom is 0.139 e. The van der Waals surface area contributed by atoms with Crippen molar-refractivity contribution in [2.75, 3.05) is 24.6 Å². The summed E-state index contributed by atoms with van der Waals surface area (Å²) in [6, 6.07) is 10.3. The predicted octanol–water partition coefficient (Wildman–Crippen LogP) is 10.2. The molecule has 45 heavy (non-hydrogen) atoms. The monoisotopic (exact) mass is 730 g/mol. The number of benzene rings is 1. The van der Waals surface area contributed by atoms with Crippen LogP contribution in [-0.2, 0) is 55.3 Å². The van der Waals surface area contributed by atoms with Crippen LogP contribution in [0.25, 0.3) is 0 Å². The fourth-order valence-electron chi connectivity index (χ4n) is 7.25. The van der Waals surface area contributed by atoms with E-state index in [1.165, 1.54) is 113 Å². The fourth-order valence-corrected chi connectivity index (χ4v) is 12.1. The predicted molar refractivity (Wildman–Crippen MR) is 194 cm³/mol. The summed E-state index contributed by atoms with van der Waals surface area (Å²) in [5.74, 6) is 3.43. The molecule has 1 aromatic rings. The Balaban J connectivity index is 0.000000419. The summed E-state index contributed by atoms with van der Waals surface area (Å²) in [5.41, 5.74) is 9.88. The summed E-state index contributed by atoms with van der Waals surface area (Å²) in [4.78, 5) is 14.5. The molecular weight excluding hydrogens is 668 g/mol. The number of aryl methyl sites for hydroxylation is 1. The van der Waals surface area contributed by atoms with E-state index in [2.05, 4.69) is 86.7 Å². The minimum atomic E-state index is 0. The molecule has 1 saturated carbocycles. The molecule has 2 heterocycles. The first kappa shape index (κ1) is 41.3. The summed E-state index contributed by atoms with van der Waals surface area (Å²) in [6.07, 6.45) is 24.6. The molecule has 251 valence electrons. The Bertz CT molecular complexity index is 975. The number of unbranched alkanes of at least 4 members (excludes halogenated alkanes) is 1. The van der Waals surface area contributed by atoms with Gasteiger partial charge in [0, 0.05) is 45.0 Å². The molecule has 2 aliphatic heterocycles. The van der Waals surface area contributed by atoms with Gasteiger partial charge in [0.15, 0.2) is 0 Å². The molecule has 2 N–H and O–H groups in total. The standard InChI is InChI=1S/C27H47NOPS.C10H13N.CH2O.Y/c1-5-8-11-22(7-3)26(28-29-27-30(17-6-2)18-19-31-27)24-15-13-23(14-16-24)25-12-9-10-21(4)20-25;1-2-5-10-8-11-7-3-6-9(10)4-1;1-2;/h12,20,22-24,27-28H,5-11,13-19H2,1-4H3;1-2,4-5,11H,3,6-8H2;1H2;/q-1;;;. The van der Waals surface area contributed by atoms with Crippen molar-refractivity contribution in [1.29, 1.82) is 0 Å². The van der Waals surface area contributed by atoms with Gasteiger partial charge in [-0.1, -0.05) is 116 Å². The first-order valence-corrected chi connectivity index (χ1v) is 20.5. The number of carbonyl (C=O) groups is 1. The Morgan fingerprint density at radius 1 is 1.09 bits per heavy atom. The van der Waals surface area contributed by atoms with Crippen molar-refractivity contribution in [1.82, 2.24) is 10.8 Å². The Labute approximate surface area is 307 Å². The molecule has 0 amide bonds. The molecule has 4 aliphatic rings. The van der Waals surface area contributed by atoms with Gasteiger partial charge in [0.2, 0.25) is 0 Å². The Kier molecular flexibility index (Phi) is 22.3. The second kappa shape index (κ2) is 24.3. The number of rotatable bonds is 12. The number of hydrogen-bond donors (Lipinski definition) is 2. The van der Waals surface area contributed by atoms with Crippen molar-refractivity contribution >= 4 is 26.5 Å². The summed E-state index contributed by atoms with van der Waals surface area (Å²) >= 11 is 2.05. The van der Waals surface area contributed by atoms with E-state index in [1.54, 1.807) is 17.2 Å². The van der Waals surface area contributed by atoms with E-state index < -0.39 is 0 Å². The largest absolute Gasteiger partial charge is 0.346 e. The Morgan fingerprint density at radius 2 is 1.84 bits per heavy atom. The van der Waals surface area contributed by atoms with E-state index in [0.29, 0.717) is 17.0 Å². The molecule has 2 aliphatic carbocycles. The van der Waals surface area contributed by atoms with Gasteiger partial charge in [0.05, 0.1) is 0 Å². The molecule has 3 atom stereocenters. The van der Waals surface area contributed by atoms with Crippen LogP contribution in [0.1, 0.15) is 116 Å². The van der Waals surface area contributed by atoms with Crippen LogP contribution in [0.4, 0.5) is 0 Å². The quantitative estimate of drug-likeness (QED) is 0.127. The van der Waals surface area contributed by atoms with Crippen molar-refractivity contribution in [2.24, 2.45) is 17.8 Å². The number of hydroxylamine groups is 1. The smallest absolute Gasteiger partial charge is 0.139 e. The van der Waals surface area contributed by atoms with Crippen LogP contribution >= 0.6 is 19.7 Å². The third kappa shape index (κ3) is 13.9. The summed E-state index contributed by atoms with van der Waals surface area (Å²) in [7, 11) is 0.0394. The van der Waals surface area contributed by atoms with E-state index in [1.807, 2.05) is 6.79 Å². The minimum Gasteiger partial charge on any atom is -0.346 e. The fraction of sp³-hybridized carbons (Fsp3) is 0.684. The average molecular weight is 731 g/mol. The molecule has 7 heteroatoms.